The minimum atomic E-state index is -0.980. The van der Waals surface area contributed by atoms with Gasteiger partial charge in [-0.1, -0.05) is 48.3 Å². The fraction of sp³-hybridized carbons (Fsp3) is 0.346. The van der Waals surface area contributed by atoms with Crippen molar-refractivity contribution < 1.29 is 14.3 Å². The van der Waals surface area contributed by atoms with E-state index in [1.54, 1.807) is 25.1 Å². The van der Waals surface area contributed by atoms with E-state index < -0.39 is 18.0 Å². The average molecular weight is 500 g/mol. The molecule has 1 N–H and O–H groups in total. The van der Waals surface area contributed by atoms with Gasteiger partial charge >= 0.3 is 5.97 Å². The van der Waals surface area contributed by atoms with Crippen molar-refractivity contribution in [1.82, 2.24) is 9.88 Å². The van der Waals surface area contributed by atoms with Crippen LogP contribution in [0.25, 0.3) is 10.9 Å². The molecule has 1 aromatic heterocycles. The molecule has 3 aromatic rings. The van der Waals surface area contributed by atoms with Gasteiger partial charge in [-0.2, -0.15) is 0 Å². The molecule has 0 saturated heterocycles. The number of carbonyl (C=O) groups is 2. The Bertz CT molecular complexity index is 1250. The molecule has 1 unspecified atom stereocenters. The highest BCUT2D eigenvalue weighted by Crippen LogP contribution is 2.30. The molecule has 8 heteroatoms. The number of rotatable bonds is 6. The van der Waals surface area contributed by atoms with Crippen molar-refractivity contribution in [2.24, 2.45) is 0 Å². The summed E-state index contributed by atoms with van der Waals surface area (Å²) in [5.41, 5.74) is 3.43. The lowest BCUT2D eigenvalue weighted by atomic mass is 9.95. The molecule has 2 aromatic carbocycles. The van der Waals surface area contributed by atoms with Crippen LogP contribution in [0.3, 0.4) is 0 Å². The third-order valence-electron chi connectivity index (χ3n) is 6.11. The molecule has 2 heterocycles. The fourth-order valence-corrected chi connectivity index (χ4v) is 4.66. The number of carbonyl (C=O) groups excluding carboxylic acids is 2. The molecule has 1 aliphatic rings. The monoisotopic (exact) mass is 499 g/mol. The number of anilines is 1. The Hall–Kier alpha value is -2.67. The Morgan fingerprint density at radius 2 is 1.94 bits per heavy atom. The molecule has 0 fully saturated rings. The Morgan fingerprint density at radius 3 is 2.65 bits per heavy atom. The molecule has 34 heavy (non-hydrogen) atoms. The number of para-hydroxylation sites is 1. The largest absolute Gasteiger partial charge is 0.449 e. The molecule has 1 aliphatic heterocycles. The van der Waals surface area contributed by atoms with Gasteiger partial charge in [-0.3, -0.25) is 14.7 Å². The number of ether oxygens (including phenoxy) is 1. The first-order chi connectivity index (χ1) is 16.3. The second-order valence-electron chi connectivity index (χ2n) is 8.66. The topological polar surface area (TPSA) is 71.5 Å². The number of hydrogen-bond acceptors (Lipinski definition) is 5. The predicted octanol–water partition coefficient (Wildman–Crippen LogP) is 5.88. The molecule has 4 rings (SSSR count). The van der Waals surface area contributed by atoms with E-state index in [2.05, 4.69) is 24.1 Å². The summed E-state index contributed by atoms with van der Waals surface area (Å²) in [7, 11) is 0. The van der Waals surface area contributed by atoms with Gasteiger partial charge < -0.3 is 10.1 Å². The number of aromatic nitrogens is 1. The van der Waals surface area contributed by atoms with Crippen LogP contribution in [0, 0.1) is 0 Å². The summed E-state index contributed by atoms with van der Waals surface area (Å²) in [6, 6.07) is 12.7. The maximum absolute atomic E-state index is 13.6. The van der Waals surface area contributed by atoms with Crippen LogP contribution >= 0.6 is 23.2 Å². The van der Waals surface area contributed by atoms with Gasteiger partial charge in [-0.05, 0) is 44.5 Å². The summed E-state index contributed by atoms with van der Waals surface area (Å²) in [6.45, 7) is 7.56. The van der Waals surface area contributed by atoms with Crippen molar-refractivity contribution in [2.45, 2.75) is 52.3 Å². The lowest BCUT2D eigenvalue weighted by Crippen LogP contribution is -2.38. The zero-order valence-corrected chi connectivity index (χ0v) is 20.9. The molecule has 0 radical (unpaired) electrons. The van der Waals surface area contributed by atoms with E-state index in [1.165, 1.54) is 0 Å². The van der Waals surface area contributed by atoms with Crippen molar-refractivity contribution in [1.29, 1.82) is 0 Å². The van der Waals surface area contributed by atoms with E-state index >= 15 is 0 Å². The molecule has 1 atom stereocenters. The van der Waals surface area contributed by atoms with E-state index in [9.17, 15) is 9.59 Å². The first-order valence-electron chi connectivity index (χ1n) is 11.4. The summed E-state index contributed by atoms with van der Waals surface area (Å²) in [5, 5.41) is 4.24. The third-order valence-corrected chi connectivity index (χ3v) is 6.66. The second kappa shape index (κ2) is 10.3. The number of halogens is 2. The molecule has 6 nitrogen and oxygen atoms in total. The van der Waals surface area contributed by atoms with Gasteiger partial charge in [0.1, 0.15) is 0 Å². The maximum atomic E-state index is 13.6. The van der Waals surface area contributed by atoms with Crippen LogP contribution in [0.4, 0.5) is 5.69 Å². The number of hydrogen-bond donors (Lipinski definition) is 1. The summed E-state index contributed by atoms with van der Waals surface area (Å²) in [6.07, 6.45) is 0.0870. The number of nitrogens with one attached hydrogen (secondary N) is 1. The van der Waals surface area contributed by atoms with Crippen LogP contribution in [0.2, 0.25) is 10.0 Å². The minimum Gasteiger partial charge on any atom is -0.449 e. The Kier molecular flexibility index (Phi) is 7.41. The maximum Gasteiger partial charge on any atom is 0.340 e. The van der Waals surface area contributed by atoms with Crippen molar-refractivity contribution in [3.63, 3.8) is 0 Å². The molecule has 0 spiro atoms. The van der Waals surface area contributed by atoms with Gasteiger partial charge in [-0.15, -0.1) is 0 Å². The van der Waals surface area contributed by atoms with Crippen molar-refractivity contribution in [3.05, 3.63) is 69.3 Å². The highest BCUT2D eigenvalue weighted by Gasteiger charge is 2.30. The van der Waals surface area contributed by atoms with Gasteiger partial charge in [0.25, 0.3) is 5.91 Å². The molecule has 0 aliphatic carbocycles. The van der Waals surface area contributed by atoms with Gasteiger partial charge in [-0.25, -0.2) is 4.79 Å². The molecular formula is C26H27Cl2N3O3. The fourth-order valence-electron chi connectivity index (χ4n) is 4.20. The quantitative estimate of drug-likeness (QED) is 0.428. The van der Waals surface area contributed by atoms with Gasteiger partial charge in [0.15, 0.2) is 6.10 Å². The van der Waals surface area contributed by atoms with Crippen molar-refractivity contribution >= 4 is 51.7 Å². The summed E-state index contributed by atoms with van der Waals surface area (Å²) >= 11 is 12.1. The zero-order chi connectivity index (χ0) is 24.4. The number of esters is 1. The number of amides is 1. The van der Waals surface area contributed by atoms with Crippen LogP contribution in [0.5, 0.6) is 0 Å². The van der Waals surface area contributed by atoms with Crippen molar-refractivity contribution in [2.75, 3.05) is 11.9 Å². The van der Waals surface area contributed by atoms with Gasteiger partial charge in [0.05, 0.1) is 21.8 Å². The first kappa shape index (κ1) is 24.5. The number of fused-ring (bicyclic) bond motifs is 2. The number of benzene rings is 2. The number of nitrogens with zero attached hydrogens (tertiary/aromatic N) is 2. The van der Waals surface area contributed by atoms with Crippen LogP contribution in [-0.2, 0) is 22.5 Å². The summed E-state index contributed by atoms with van der Waals surface area (Å²) < 4.78 is 5.79. The Morgan fingerprint density at radius 1 is 1.18 bits per heavy atom. The van der Waals surface area contributed by atoms with E-state index in [-0.39, 0.29) is 0 Å². The molecule has 0 saturated carbocycles. The van der Waals surface area contributed by atoms with Crippen LogP contribution in [0.15, 0.2) is 42.5 Å². The Balaban J connectivity index is 1.65. The predicted molar refractivity (Wildman–Crippen MR) is 136 cm³/mol. The molecular weight excluding hydrogens is 473 g/mol. The minimum absolute atomic E-state index is 0.310. The molecule has 1 amide bonds. The van der Waals surface area contributed by atoms with Crippen LogP contribution in [0.1, 0.15) is 48.8 Å². The number of pyridine rings is 1. The van der Waals surface area contributed by atoms with E-state index in [0.29, 0.717) is 40.3 Å². The standard InChI is InChI=1S/C26H27Cl2N3O3/c1-4-23(25(32)30-22-10-9-16(27)13-19(22)28)34-26(33)24-17-7-5-6-8-20(17)29-21-11-12-31(15(2)3)14-18(21)24/h5-10,13,15,23H,4,11-12,14H2,1-3H3,(H,30,32). The van der Waals surface area contributed by atoms with Crippen molar-refractivity contribution in [3.8, 4) is 0 Å². The second-order valence-corrected chi connectivity index (χ2v) is 9.50. The normalized spacial score (nSPS) is 14.6. The van der Waals surface area contributed by atoms with Gasteiger partial charge in [0.2, 0.25) is 0 Å². The lowest BCUT2D eigenvalue weighted by Gasteiger charge is -2.32. The SMILES string of the molecule is CCC(OC(=O)c1c2c(nc3ccccc13)CCN(C(C)C)C2)C(=O)Nc1ccc(Cl)cc1Cl. The van der Waals surface area contributed by atoms with Crippen LogP contribution < -0.4 is 5.32 Å². The summed E-state index contributed by atoms with van der Waals surface area (Å²) in [5.74, 6) is -0.972. The first-order valence-corrected chi connectivity index (χ1v) is 12.2. The van der Waals surface area contributed by atoms with E-state index in [0.717, 1.165) is 35.1 Å². The van der Waals surface area contributed by atoms with E-state index in [1.807, 2.05) is 24.3 Å². The highest BCUT2D eigenvalue weighted by atomic mass is 35.5. The average Bonchev–Trinajstić information content (AvgIpc) is 2.82. The summed E-state index contributed by atoms with van der Waals surface area (Å²) in [4.78, 5) is 33.6. The Labute approximate surface area is 209 Å². The molecule has 178 valence electrons. The van der Waals surface area contributed by atoms with Gasteiger partial charge in [0, 0.05) is 47.2 Å². The highest BCUT2D eigenvalue weighted by molar-refractivity contribution is 6.36. The third kappa shape index (κ3) is 5.04. The smallest absolute Gasteiger partial charge is 0.340 e. The zero-order valence-electron chi connectivity index (χ0n) is 19.4. The lowest BCUT2D eigenvalue weighted by molar-refractivity contribution is -0.124. The molecule has 0 bridgehead atoms. The van der Waals surface area contributed by atoms with Crippen LogP contribution in [-0.4, -0.2) is 40.5 Å². The van der Waals surface area contributed by atoms with E-state index in [4.69, 9.17) is 32.9 Å².